The second-order valence-corrected chi connectivity index (χ2v) is 8.46. The second kappa shape index (κ2) is 11.0. The minimum absolute atomic E-state index is 0.0312. The summed E-state index contributed by atoms with van der Waals surface area (Å²) in [5.74, 6) is -1.91. The highest BCUT2D eigenvalue weighted by molar-refractivity contribution is 6.10. The van der Waals surface area contributed by atoms with Gasteiger partial charge in [-0.25, -0.2) is 4.79 Å². The zero-order valence-electron chi connectivity index (χ0n) is 19.6. The van der Waals surface area contributed by atoms with E-state index < -0.39 is 11.9 Å². The molecule has 3 aromatic rings. The van der Waals surface area contributed by atoms with Crippen LogP contribution in [0.15, 0.2) is 66.7 Å². The van der Waals surface area contributed by atoms with E-state index in [1.807, 2.05) is 42.3 Å². The molecule has 1 aliphatic rings. The molecule has 35 heavy (non-hydrogen) atoms. The van der Waals surface area contributed by atoms with Crippen LogP contribution in [0.4, 0.5) is 11.4 Å². The molecule has 0 spiro atoms. The van der Waals surface area contributed by atoms with Gasteiger partial charge in [-0.05, 0) is 41.5 Å². The number of nitrogens with zero attached hydrogens (tertiary/aromatic N) is 2. The molecule has 0 aromatic heterocycles. The number of aromatic carboxylic acids is 1. The Balaban J connectivity index is 1.53. The summed E-state index contributed by atoms with van der Waals surface area (Å²) in [5.41, 5.74) is 2.64. The molecule has 0 radical (unpaired) electrons. The van der Waals surface area contributed by atoms with Crippen molar-refractivity contribution in [2.75, 3.05) is 56.7 Å². The van der Waals surface area contributed by atoms with Gasteiger partial charge in [0.2, 0.25) is 0 Å². The summed E-state index contributed by atoms with van der Waals surface area (Å²) in [5, 5.41) is 22.7. The summed E-state index contributed by atoms with van der Waals surface area (Å²) in [6, 6.07) is 19.1. The fourth-order valence-corrected chi connectivity index (χ4v) is 4.02. The highest BCUT2D eigenvalue weighted by Gasteiger charge is 2.19. The zero-order valence-corrected chi connectivity index (χ0v) is 19.6. The van der Waals surface area contributed by atoms with Crippen LogP contribution in [0.2, 0.25) is 0 Å². The molecular weight excluding hydrogens is 446 g/mol. The maximum atomic E-state index is 13.1. The Morgan fingerprint density at radius 3 is 2.43 bits per heavy atom. The Bertz CT molecular complexity index is 1190. The van der Waals surface area contributed by atoms with E-state index in [0.717, 1.165) is 56.2 Å². The average molecular weight is 476 g/mol. The van der Waals surface area contributed by atoms with Crippen molar-refractivity contribution in [2.45, 2.75) is 0 Å². The number of hydrogen-bond donors (Lipinski definition) is 3. The van der Waals surface area contributed by atoms with Gasteiger partial charge in [0.1, 0.15) is 5.75 Å². The number of benzene rings is 3. The summed E-state index contributed by atoms with van der Waals surface area (Å²) in [4.78, 5) is 29.3. The molecule has 1 amide bonds. The number of amides is 1. The molecule has 0 unspecified atom stereocenters. The number of rotatable bonds is 8. The Morgan fingerprint density at radius 2 is 1.71 bits per heavy atom. The second-order valence-electron chi connectivity index (χ2n) is 8.46. The van der Waals surface area contributed by atoms with Crippen molar-refractivity contribution in [1.82, 2.24) is 4.90 Å². The van der Waals surface area contributed by atoms with E-state index in [1.165, 1.54) is 12.1 Å². The Labute approximate surface area is 204 Å². The first kappa shape index (κ1) is 24.3. The number of likely N-dealkylation sites (N-methyl/N-ethyl adjacent to an activating group) is 1. The third kappa shape index (κ3) is 5.98. The number of carbonyl (C=O) groups is 2. The first-order valence-corrected chi connectivity index (χ1v) is 11.5. The molecule has 1 fully saturated rings. The SMILES string of the molecule is CN(CCN1CCOCC1)c1ccc(O)c(C(=O)Nc2cc(-c3ccccc3)ccc2C(=O)O)c1. The minimum Gasteiger partial charge on any atom is -0.507 e. The molecule has 182 valence electrons. The topological polar surface area (TPSA) is 102 Å². The summed E-state index contributed by atoms with van der Waals surface area (Å²) in [6.07, 6.45) is 0. The predicted molar refractivity (Wildman–Crippen MR) is 135 cm³/mol. The van der Waals surface area contributed by atoms with Crippen LogP contribution in [0.1, 0.15) is 20.7 Å². The van der Waals surface area contributed by atoms with Gasteiger partial charge in [-0.1, -0.05) is 36.4 Å². The smallest absolute Gasteiger partial charge is 0.337 e. The molecule has 8 nitrogen and oxygen atoms in total. The molecular formula is C27H29N3O5. The van der Waals surface area contributed by atoms with E-state index in [9.17, 15) is 19.8 Å². The molecule has 1 heterocycles. The van der Waals surface area contributed by atoms with Gasteiger partial charge in [0.15, 0.2) is 0 Å². The zero-order chi connectivity index (χ0) is 24.8. The number of carboxylic acid groups (broad SMARTS) is 1. The first-order chi connectivity index (χ1) is 16.9. The Hall–Kier alpha value is -3.88. The number of phenolic OH excluding ortho intramolecular Hbond substituents is 1. The van der Waals surface area contributed by atoms with E-state index in [4.69, 9.17) is 4.74 Å². The quantitative estimate of drug-likeness (QED) is 0.456. The molecule has 3 N–H and O–H groups in total. The number of hydrogen-bond acceptors (Lipinski definition) is 6. The van der Waals surface area contributed by atoms with Gasteiger partial charge in [0.05, 0.1) is 30.0 Å². The molecule has 8 heteroatoms. The maximum absolute atomic E-state index is 13.1. The predicted octanol–water partition coefficient (Wildman–Crippen LogP) is 3.78. The number of phenols is 1. The lowest BCUT2D eigenvalue weighted by molar-refractivity contribution is 0.0393. The standard InChI is InChI=1S/C27H29N3O5/c1-29(11-12-30-13-15-35-16-14-30)21-8-10-25(31)23(18-21)26(32)28-24-17-20(7-9-22(24)27(33)34)19-5-3-2-4-6-19/h2-10,17-18,31H,11-16H2,1H3,(H,28,32)(H,33,34). The number of aromatic hydroxyl groups is 1. The highest BCUT2D eigenvalue weighted by atomic mass is 16.5. The van der Waals surface area contributed by atoms with Crippen molar-refractivity contribution < 1.29 is 24.5 Å². The minimum atomic E-state index is -1.15. The summed E-state index contributed by atoms with van der Waals surface area (Å²) in [6.45, 7) is 4.86. The fourth-order valence-electron chi connectivity index (χ4n) is 4.02. The number of anilines is 2. The van der Waals surface area contributed by atoms with E-state index in [0.29, 0.717) is 0 Å². The van der Waals surface area contributed by atoms with Gasteiger partial charge in [-0.15, -0.1) is 0 Å². The van der Waals surface area contributed by atoms with Crippen LogP contribution >= 0.6 is 0 Å². The molecule has 0 saturated carbocycles. The van der Waals surface area contributed by atoms with Gasteiger partial charge in [0.25, 0.3) is 5.91 Å². The third-order valence-electron chi connectivity index (χ3n) is 6.13. The van der Waals surface area contributed by atoms with Crippen molar-refractivity contribution in [1.29, 1.82) is 0 Å². The van der Waals surface area contributed by atoms with Crippen LogP contribution in [0.5, 0.6) is 5.75 Å². The van der Waals surface area contributed by atoms with Crippen molar-refractivity contribution in [2.24, 2.45) is 0 Å². The number of carboxylic acids is 1. The Morgan fingerprint density at radius 1 is 0.971 bits per heavy atom. The van der Waals surface area contributed by atoms with E-state index in [1.54, 1.807) is 24.3 Å². The van der Waals surface area contributed by atoms with Crippen LogP contribution in [-0.4, -0.2) is 73.4 Å². The van der Waals surface area contributed by atoms with E-state index in [-0.39, 0.29) is 22.6 Å². The molecule has 1 saturated heterocycles. The number of nitrogens with one attached hydrogen (secondary N) is 1. The molecule has 0 bridgehead atoms. The van der Waals surface area contributed by atoms with E-state index >= 15 is 0 Å². The molecule has 4 rings (SSSR count). The van der Waals surface area contributed by atoms with Crippen LogP contribution in [0, 0.1) is 0 Å². The average Bonchev–Trinajstić information content (AvgIpc) is 2.88. The van der Waals surface area contributed by atoms with E-state index in [2.05, 4.69) is 10.2 Å². The van der Waals surface area contributed by atoms with Crippen LogP contribution in [0.25, 0.3) is 11.1 Å². The maximum Gasteiger partial charge on any atom is 0.337 e. The van der Waals surface area contributed by atoms with Gasteiger partial charge >= 0.3 is 5.97 Å². The van der Waals surface area contributed by atoms with Crippen LogP contribution in [0.3, 0.4) is 0 Å². The third-order valence-corrected chi connectivity index (χ3v) is 6.13. The monoisotopic (exact) mass is 475 g/mol. The molecule has 3 aromatic carbocycles. The lowest BCUT2D eigenvalue weighted by Crippen LogP contribution is -2.40. The first-order valence-electron chi connectivity index (χ1n) is 11.5. The van der Waals surface area contributed by atoms with Crippen LogP contribution in [-0.2, 0) is 4.74 Å². The lowest BCUT2D eigenvalue weighted by Gasteiger charge is -2.29. The number of morpholine rings is 1. The van der Waals surface area contributed by atoms with Crippen molar-refractivity contribution in [3.8, 4) is 16.9 Å². The van der Waals surface area contributed by atoms with Crippen molar-refractivity contribution in [3.63, 3.8) is 0 Å². The summed E-state index contributed by atoms with van der Waals surface area (Å²) >= 11 is 0. The normalized spacial score (nSPS) is 13.9. The van der Waals surface area contributed by atoms with Crippen molar-refractivity contribution in [3.05, 3.63) is 77.9 Å². The van der Waals surface area contributed by atoms with Gasteiger partial charge in [0, 0.05) is 38.9 Å². The molecule has 1 aliphatic heterocycles. The largest absolute Gasteiger partial charge is 0.507 e. The fraction of sp³-hybridized carbons (Fsp3) is 0.259. The molecule has 0 aliphatic carbocycles. The highest BCUT2D eigenvalue weighted by Crippen LogP contribution is 2.28. The van der Waals surface area contributed by atoms with Crippen molar-refractivity contribution >= 4 is 23.3 Å². The van der Waals surface area contributed by atoms with Gasteiger partial charge in [-0.2, -0.15) is 0 Å². The summed E-state index contributed by atoms with van der Waals surface area (Å²) < 4.78 is 5.39. The van der Waals surface area contributed by atoms with Gasteiger partial charge in [-0.3, -0.25) is 9.69 Å². The Kier molecular flexibility index (Phi) is 7.64. The van der Waals surface area contributed by atoms with Gasteiger partial charge < -0.3 is 25.2 Å². The summed E-state index contributed by atoms with van der Waals surface area (Å²) in [7, 11) is 1.93. The lowest BCUT2D eigenvalue weighted by atomic mass is 10.0. The number of carbonyl (C=O) groups excluding carboxylic acids is 1. The molecule has 0 atom stereocenters. The number of ether oxygens (including phenoxy) is 1. The van der Waals surface area contributed by atoms with Crippen LogP contribution < -0.4 is 10.2 Å².